The fourth-order valence-electron chi connectivity index (χ4n) is 4.24. The van der Waals surface area contributed by atoms with E-state index in [1.165, 1.54) is 6.42 Å². The standard InChI is InChI=1S/C15H26O3/c1-14(6-3-4-11(9-16)10-17)12-5-7-15(14,2)13(18)8-12/h4,12-13,16-18H,3,5-10H2,1-2H3/t12-,13+,14?,15-/m0/s1. The van der Waals surface area contributed by atoms with E-state index in [4.69, 9.17) is 10.2 Å². The van der Waals surface area contributed by atoms with Gasteiger partial charge in [-0.1, -0.05) is 19.9 Å². The first-order valence-electron chi connectivity index (χ1n) is 7.05. The molecule has 2 saturated carbocycles. The van der Waals surface area contributed by atoms with Crippen molar-refractivity contribution in [3.05, 3.63) is 11.6 Å². The molecule has 0 saturated heterocycles. The van der Waals surface area contributed by atoms with Crippen LogP contribution in [0.15, 0.2) is 11.6 Å². The summed E-state index contributed by atoms with van der Waals surface area (Å²) >= 11 is 0. The van der Waals surface area contributed by atoms with Crippen LogP contribution in [0.1, 0.15) is 46.0 Å². The summed E-state index contributed by atoms with van der Waals surface area (Å²) in [5.74, 6) is 0.637. The van der Waals surface area contributed by atoms with Crippen molar-refractivity contribution in [2.24, 2.45) is 16.7 Å². The van der Waals surface area contributed by atoms with Crippen molar-refractivity contribution >= 4 is 0 Å². The minimum Gasteiger partial charge on any atom is -0.393 e. The molecule has 2 rings (SSSR count). The third-order valence-corrected chi connectivity index (χ3v) is 5.96. The molecule has 0 aromatic rings. The first kappa shape index (κ1) is 14.0. The van der Waals surface area contributed by atoms with E-state index in [-0.39, 0.29) is 30.1 Å². The molecule has 2 aliphatic carbocycles. The second kappa shape index (κ2) is 4.95. The Bertz CT molecular complexity index is 333. The molecule has 3 N–H and O–H groups in total. The lowest BCUT2D eigenvalue weighted by Gasteiger charge is -2.40. The van der Waals surface area contributed by atoms with E-state index in [0.29, 0.717) is 11.5 Å². The average molecular weight is 254 g/mol. The minimum atomic E-state index is -0.152. The molecule has 0 heterocycles. The zero-order valence-electron chi connectivity index (χ0n) is 11.5. The molecule has 0 spiro atoms. The lowest BCUT2D eigenvalue weighted by molar-refractivity contribution is 0.00197. The molecule has 3 nitrogen and oxygen atoms in total. The van der Waals surface area contributed by atoms with Gasteiger partial charge in [0.1, 0.15) is 0 Å². The molecule has 0 amide bonds. The topological polar surface area (TPSA) is 60.7 Å². The van der Waals surface area contributed by atoms with E-state index < -0.39 is 0 Å². The maximum Gasteiger partial charge on any atom is 0.0663 e. The third-order valence-electron chi connectivity index (χ3n) is 5.96. The normalized spacial score (nSPS) is 42.3. The van der Waals surface area contributed by atoms with Crippen molar-refractivity contribution in [3.63, 3.8) is 0 Å². The zero-order chi connectivity index (χ0) is 13.4. The van der Waals surface area contributed by atoms with Crippen molar-refractivity contribution in [2.45, 2.75) is 52.1 Å². The lowest BCUT2D eigenvalue weighted by Crippen LogP contribution is -2.37. The van der Waals surface area contributed by atoms with Gasteiger partial charge in [0.25, 0.3) is 0 Å². The quantitative estimate of drug-likeness (QED) is 0.656. The molecule has 3 heteroatoms. The number of aliphatic hydroxyl groups is 3. The zero-order valence-corrected chi connectivity index (χ0v) is 11.5. The average Bonchev–Trinajstić information content (AvgIpc) is 2.70. The van der Waals surface area contributed by atoms with Crippen LogP contribution in [0.3, 0.4) is 0 Å². The molecule has 2 bridgehead atoms. The summed E-state index contributed by atoms with van der Waals surface area (Å²) in [6.45, 7) is 4.42. The first-order valence-corrected chi connectivity index (χ1v) is 7.05. The van der Waals surface area contributed by atoms with E-state index in [2.05, 4.69) is 13.8 Å². The van der Waals surface area contributed by atoms with E-state index >= 15 is 0 Å². The number of fused-ring (bicyclic) bond motifs is 2. The van der Waals surface area contributed by atoms with Crippen LogP contribution >= 0.6 is 0 Å². The fraction of sp³-hybridized carbons (Fsp3) is 0.867. The molecular weight excluding hydrogens is 228 g/mol. The molecule has 2 fully saturated rings. The number of hydrogen-bond donors (Lipinski definition) is 3. The molecule has 0 aromatic carbocycles. The molecule has 0 aromatic heterocycles. The Hall–Kier alpha value is -0.380. The molecule has 18 heavy (non-hydrogen) atoms. The number of rotatable bonds is 5. The van der Waals surface area contributed by atoms with Crippen LogP contribution in [-0.4, -0.2) is 34.6 Å². The highest BCUT2D eigenvalue weighted by Crippen LogP contribution is 2.67. The lowest BCUT2D eigenvalue weighted by atomic mass is 9.66. The Morgan fingerprint density at radius 3 is 2.39 bits per heavy atom. The molecule has 2 aliphatic rings. The van der Waals surface area contributed by atoms with Gasteiger partial charge in [0.15, 0.2) is 0 Å². The van der Waals surface area contributed by atoms with Gasteiger partial charge in [0, 0.05) is 0 Å². The van der Waals surface area contributed by atoms with Crippen molar-refractivity contribution in [1.29, 1.82) is 0 Å². The summed E-state index contributed by atoms with van der Waals surface area (Å²) in [6.07, 6.45) is 7.04. The van der Waals surface area contributed by atoms with Gasteiger partial charge in [-0.2, -0.15) is 0 Å². The summed E-state index contributed by atoms with van der Waals surface area (Å²) in [6, 6.07) is 0. The molecule has 4 atom stereocenters. The number of hydrogen-bond acceptors (Lipinski definition) is 3. The van der Waals surface area contributed by atoms with Gasteiger partial charge in [0.2, 0.25) is 0 Å². The fourth-order valence-corrected chi connectivity index (χ4v) is 4.24. The highest BCUT2D eigenvalue weighted by molar-refractivity contribution is 5.13. The van der Waals surface area contributed by atoms with Gasteiger partial charge in [-0.15, -0.1) is 0 Å². The van der Waals surface area contributed by atoms with Crippen LogP contribution in [0.25, 0.3) is 0 Å². The Labute approximate surface area is 110 Å². The van der Waals surface area contributed by atoms with Gasteiger partial charge in [0.05, 0.1) is 19.3 Å². The first-order chi connectivity index (χ1) is 8.48. The van der Waals surface area contributed by atoms with Gasteiger partial charge in [-0.25, -0.2) is 0 Å². The largest absolute Gasteiger partial charge is 0.393 e. The Kier molecular flexibility index (Phi) is 3.86. The van der Waals surface area contributed by atoms with Crippen LogP contribution in [-0.2, 0) is 0 Å². The number of aliphatic hydroxyl groups excluding tert-OH is 3. The van der Waals surface area contributed by atoms with Crippen LogP contribution in [0.4, 0.5) is 0 Å². The highest BCUT2D eigenvalue weighted by Gasteiger charge is 2.62. The molecule has 1 unspecified atom stereocenters. The van der Waals surface area contributed by atoms with Crippen LogP contribution < -0.4 is 0 Å². The van der Waals surface area contributed by atoms with Crippen molar-refractivity contribution in [1.82, 2.24) is 0 Å². The summed E-state index contributed by atoms with van der Waals surface area (Å²) in [5.41, 5.74) is 0.970. The summed E-state index contributed by atoms with van der Waals surface area (Å²) in [7, 11) is 0. The molecule has 104 valence electrons. The predicted molar refractivity (Wildman–Crippen MR) is 71.1 cm³/mol. The Balaban J connectivity index is 2.03. The van der Waals surface area contributed by atoms with Crippen LogP contribution in [0.2, 0.25) is 0 Å². The maximum atomic E-state index is 10.2. The summed E-state index contributed by atoms with van der Waals surface area (Å²) < 4.78 is 0. The van der Waals surface area contributed by atoms with Crippen LogP contribution in [0.5, 0.6) is 0 Å². The monoisotopic (exact) mass is 254 g/mol. The second-order valence-corrected chi connectivity index (χ2v) is 6.54. The second-order valence-electron chi connectivity index (χ2n) is 6.54. The summed E-state index contributed by atoms with van der Waals surface area (Å²) in [4.78, 5) is 0. The smallest absolute Gasteiger partial charge is 0.0663 e. The van der Waals surface area contributed by atoms with E-state index in [9.17, 15) is 5.11 Å². The minimum absolute atomic E-state index is 0.0590. The highest BCUT2D eigenvalue weighted by atomic mass is 16.3. The van der Waals surface area contributed by atoms with E-state index in [1.54, 1.807) is 0 Å². The molecule has 0 aliphatic heterocycles. The molecular formula is C15H26O3. The predicted octanol–water partition coefficient (Wildman–Crippen LogP) is 1.86. The van der Waals surface area contributed by atoms with Gasteiger partial charge in [-0.3, -0.25) is 0 Å². The Morgan fingerprint density at radius 2 is 1.94 bits per heavy atom. The van der Waals surface area contributed by atoms with Gasteiger partial charge < -0.3 is 15.3 Å². The number of allylic oxidation sites excluding steroid dienone is 1. The van der Waals surface area contributed by atoms with Crippen molar-refractivity contribution in [2.75, 3.05) is 13.2 Å². The van der Waals surface area contributed by atoms with Gasteiger partial charge in [-0.05, 0) is 54.4 Å². The van der Waals surface area contributed by atoms with Gasteiger partial charge >= 0.3 is 0 Å². The molecule has 0 radical (unpaired) electrons. The Morgan fingerprint density at radius 1 is 1.28 bits per heavy atom. The third kappa shape index (κ3) is 1.93. The van der Waals surface area contributed by atoms with Crippen molar-refractivity contribution in [3.8, 4) is 0 Å². The van der Waals surface area contributed by atoms with E-state index in [1.807, 2.05) is 6.08 Å². The maximum absolute atomic E-state index is 10.2. The summed E-state index contributed by atoms with van der Waals surface area (Å²) in [5, 5.41) is 28.3. The van der Waals surface area contributed by atoms with Crippen molar-refractivity contribution < 1.29 is 15.3 Å². The SMILES string of the molecule is CC1(CCC=C(CO)CO)[C@H]2CC[C@@]1(C)[C@H](O)C2. The van der Waals surface area contributed by atoms with E-state index in [0.717, 1.165) is 25.7 Å². The van der Waals surface area contributed by atoms with Crippen LogP contribution in [0, 0.1) is 16.7 Å².